The average molecular weight is 257 g/mol. The van der Waals surface area contributed by atoms with Gasteiger partial charge in [-0.15, -0.1) is 0 Å². The number of pyridine rings is 1. The average Bonchev–Trinajstić information content (AvgIpc) is 2.91. The Bertz CT molecular complexity index is 747. The van der Waals surface area contributed by atoms with Gasteiger partial charge in [-0.25, -0.2) is 9.78 Å². The van der Waals surface area contributed by atoms with Crippen LogP contribution in [0.1, 0.15) is 6.92 Å². The zero-order valence-electron chi connectivity index (χ0n) is 9.83. The fourth-order valence-electron chi connectivity index (χ4n) is 2.01. The molecule has 0 aromatic carbocycles. The molecule has 0 atom stereocenters. The van der Waals surface area contributed by atoms with Gasteiger partial charge in [0.1, 0.15) is 5.65 Å². The molecular formula is C13H11N3OS. The van der Waals surface area contributed by atoms with Gasteiger partial charge in [-0.3, -0.25) is 4.57 Å². The lowest BCUT2D eigenvalue weighted by molar-refractivity contribution is 0.724. The first kappa shape index (κ1) is 11.1. The van der Waals surface area contributed by atoms with Crippen molar-refractivity contribution >= 4 is 22.4 Å². The minimum Gasteiger partial charge on any atom is -0.276 e. The van der Waals surface area contributed by atoms with Crippen LogP contribution in [-0.4, -0.2) is 14.5 Å². The van der Waals surface area contributed by atoms with Gasteiger partial charge >= 0.3 is 5.69 Å². The summed E-state index contributed by atoms with van der Waals surface area (Å²) in [5, 5.41) is 4.88. The third-order valence-corrected chi connectivity index (χ3v) is 3.53. The molecule has 90 valence electrons. The molecule has 0 fully saturated rings. The summed E-state index contributed by atoms with van der Waals surface area (Å²) in [4.78, 5) is 20.5. The zero-order chi connectivity index (χ0) is 12.5. The van der Waals surface area contributed by atoms with E-state index in [2.05, 4.69) is 9.97 Å². The first-order chi connectivity index (χ1) is 8.81. The van der Waals surface area contributed by atoms with Gasteiger partial charge in [0.2, 0.25) is 0 Å². The van der Waals surface area contributed by atoms with Crippen LogP contribution in [0, 0.1) is 0 Å². The number of fused-ring (bicyclic) bond motifs is 1. The van der Waals surface area contributed by atoms with E-state index in [1.54, 1.807) is 22.1 Å². The number of nitrogens with zero attached hydrogens (tertiary/aromatic N) is 3. The number of thiophene rings is 1. The zero-order valence-corrected chi connectivity index (χ0v) is 10.6. The SMILES string of the molecule is CCn1c(=O)nc(-c2ccsc2)c2cccnc21. The van der Waals surface area contributed by atoms with E-state index in [-0.39, 0.29) is 5.69 Å². The number of aryl methyl sites for hydroxylation is 1. The van der Waals surface area contributed by atoms with Gasteiger partial charge in [0.15, 0.2) is 0 Å². The summed E-state index contributed by atoms with van der Waals surface area (Å²) in [5.41, 5.74) is 2.14. The van der Waals surface area contributed by atoms with E-state index in [1.807, 2.05) is 35.9 Å². The Balaban J connectivity index is 2.44. The molecule has 0 saturated heterocycles. The highest BCUT2D eigenvalue weighted by atomic mass is 32.1. The van der Waals surface area contributed by atoms with Crippen LogP contribution >= 0.6 is 11.3 Å². The molecule has 0 saturated carbocycles. The van der Waals surface area contributed by atoms with Crippen molar-refractivity contribution in [3.8, 4) is 11.3 Å². The first-order valence-corrected chi connectivity index (χ1v) is 6.63. The van der Waals surface area contributed by atoms with E-state index in [1.165, 1.54) is 0 Å². The van der Waals surface area contributed by atoms with Gasteiger partial charge < -0.3 is 0 Å². The smallest absolute Gasteiger partial charge is 0.276 e. The second-order valence-electron chi connectivity index (χ2n) is 3.87. The molecule has 3 aromatic rings. The van der Waals surface area contributed by atoms with Crippen LogP contribution < -0.4 is 5.69 Å². The summed E-state index contributed by atoms with van der Waals surface area (Å²) in [5.74, 6) is 0. The highest BCUT2D eigenvalue weighted by molar-refractivity contribution is 7.08. The minimum atomic E-state index is -0.245. The number of aromatic nitrogens is 3. The van der Waals surface area contributed by atoms with Gasteiger partial charge in [-0.2, -0.15) is 16.3 Å². The molecule has 0 spiro atoms. The number of hydrogen-bond acceptors (Lipinski definition) is 4. The lowest BCUT2D eigenvalue weighted by atomic mass is 10.1. The maximum absolute atomic E-state index is 12.0. The molecule has 3 heterocycles. The Hall–Kier alpha value is -2.01. The van der Waals surface area contributed by atoms with E-state index >= 15 is 0 Å². The third-order valence-electron chi connectivity index (χ3n) is 2.85. The molecule has 0 unspecified atom stereocenters. The summed E-state index contributed by atoms with van der Waals surface area (Å²) in [6.45, 7) is 2.49. The van der Waals surface area contributed by atoms with Crippen molar-refractivity contribution in [3.63, 3.8) is 0 Å². The second-order valence-corrected chi connectivity index (χ2v) is 4.65. The van der Waals surface area contributed by atoms with E-state index in [0.29, 0.717) is 17.9 Å². The normalized spacial score (nSPS) is 10.9. The van der Waals surface area contributed by atoms with Gasteiger partial charge in [0, 0.05) is 29.1 Å². The third kappa shape index (κ3) is 1.64. The lowest BCUT2D eigenvalue weighted by Gasteiger charge is -2.08. The van der Waals surface area contributed by atoms with Crippen LogP contribution in [-0.2, 0) is 6.54 Å². The Labute approximate surface area is 108 Å². The van der Waals surface area contributed by atoms with Crippen molar-refractivity contribution in [1.82, 2.24) is 14.5 Å². The highest BCUT2D eigenvalue weighted by Crippen LogP contribution is 2.25. The molecule has 4 nitrogen and oxygen atoms in total. The second kappa shape index (κ2) is 4.34. The number of rotatable bonds is 2. The van der Waals surface area contributed by atoms with E-state index in [4.69, 9.17) is 0 Å². The molecule has 0 aliphatic heterocycles. The number of hydrogen-bond donors (Lipinski definition) is 0. The summed E-state index contributed by atoms with van der Waals surface area (Å²) in [7, 11) is 0. The summed E-state index contributed by atoms with van der Waals surface area (Å²) in [6, 6.07) is 5.79. The quantitative estimate of drug-likeness (QED) is 0.708. The van der Waals surface area contributed by atoms with Crippen molar-refractivity contribution in [2.45, 2.75) is 13.5 Å². The predicted octanol–water partition coefficient (Wildman–Crippen LogP) is 2.54. The van der Waals surface area contributed by atoms with Crippen molar-refractivity contribution in [3.05, 3.63) is 45.6 Å². The summed E-state index contributed by atoms with van der Waals surface area (Å²) >= 11 is 1.59. The van der Waals surface area contributed by atoms with Crippen molar-refractivity contribution in [2.24, 2.45) is 0 Å². The molecule has 0 amide bonds. The van der Waals surface area contributed by atoms with Crippen molar-refractivity contribution in [2.75, 3.05) is 0 Å². The maximum atomic E-state index is 12.0. The topological polar surface area (TPSA) is 47.8 Å². The van der Waals surface area contributed by atoms with Crippen LogP contribution in [0.25, 0.3) is 22.3 Å². The van der Waals surface area contributed by atoms with Crippen LogP contribution in [0.5, 0.6) is 0 Å². The molecule has 0 N–H and O–H groups in total. The van der Waals surface area contributed by atoms with E-state index in [0.717, 1.165) is 10.9 Å². The Morgan fingerprint density at radius 1 is 1.39 bits per heavy atom. The lowest BCUT2D eigenvalue weighted by Crippen LogP contribution is -2.23. The fourth-order valence-corrected chi connectivity index (χ4v) is 2.65. The summed E-state index contributed by atoms with van der Waals surface area (Å²) < 4.78 is 1.59. The predicted molar refractivity (Wildman–Crippen MR) is 72.8 cm³/mol. The van der Waals surface area contributed by atoms with Crippen LogP contribution in [0.2, 0.25) is 0 Å². The van der Waals surface area contributed by atoms with E-state index in [9.17, 15) is 4.79 Å². The molecule has 0 radical (unpaired) electrons. The Morgan fingerprint density at radius 3 is 3.00 bits per heavy atom. The fraction of sp³-hybridized carbons (Fsp3) is 0.154. The standard InChI is InChI=1S/C13H11N3OS/c1-2-16-12-10(4-3-6-14-12)11(15-13(16)17)9-5-7-18-8-9/h3-8H,2H2,1H3. The van der Waals surface area contributed by atoms with Gasteiger partial charge in [-0.05, 0) is 30.5 Å². The monoisotopic (exact) mass is 257 g/mol. The first-order valence-electron chi connectivity index (χ1n) is 5.69. The molecule has 5 heteroatoms. The van der Waals surface area contributed by atoms with Crippen LogP contribution in [0.15, 0.2) is 40.0 Å². The molecule has 3 aromatic heterocycles. The maximum Gasteiger partial charge on any atom is 0.349 e. The Morgan fingerprint density at radius 2 is 2.28 bits per heavy atom. The Kier molecular flexibility index (Phi) is 2.68. The summed E-state index contributed by atoms with van der Waals surface area (Å²) in [6.07, 6.45) is 1.70. The van der Waals surface area contributed by atoms with Gasteiger partial charge in [0.05, 0.1) is 5.69 Å². The largest absolute Gasteiger partial charge is 0.349 e. The highest BCUT2D eigenvalue weighted by Gasteiger charge is 2.11. The molecule has 0 aliphatic carbocycles. The minimum absolute atomic E-state index is 0.245. The van der Waals surface area contributed by atoms with Crippen LogP contribution in [0.3, 0.4) is 0 Å². The molecule has 3 rings (SSSR count). The van der Waals surface area contributed by atoms with Crippen molar-refractivity contribution in [1.29, 1.82) is 0 Å². The molecule has 18 heavy (non-hydrogen) atoms. The molecule has 0 aliphatic rings. The van der Waals surface area contributed by atoms with Crippen molar-refractivity contribution < 1.29 is 0 Å². The molecular weight excluding hydrogens is 246 g/mol. The van der Waals surface area contributed by atoms with Gasteiger partial charge in [-0.1, -0.05) is 0 Å². The van der Waals surface area contributed by atoms with Gasteiger partial charge in [0.25, 0.3) is 0 Å². The van der Waals surface area contributed by atoms with Crippen LogP contribution in [0.4, 0.5) is 0 Å². The molecule has 0 bridgehead atoms. The van der Waals surface area contributed by atoms with E-state index < -0.39 is 0 Å².